The second-order valence-corrected chi connectivity index (χ2v) is 6.84. The van der Waals surface area contributed by atoms with Gasteiger partial charge in [0.2, 0.25) is 5.91 Å². The lowest BCUT2D eigenvalue weighted by molar-refractivity contribution is -0.133. The number of nitrogens with one attached hydrogen (secondary N) is 1. The molecule has 1 aromatic heterocycles. The van der Waals surface area contributed by atoms with E-state index in [4.69, 9.17) is 11.6 Å². The lowest BCUT2D eigenvalue weighted by atomic mass is 9.97. The van der Waals surface area contributed by atoms with Gasteiger partial charge in [0.25, 0.3) is 5.91 Å². The molecule has 1 heterocycles. The number of benzene rings is 1. The van der Waals surface area contributed by atoms with E-state index in [1.54, 1.807) is 48.6 Å². The highest BCUT2D eigenvalue weighted by molar-refractivity contribution is 6.30. The smallest absolute Gasteiger partial charge is 0.251 e. The first kappa shape index (κ1) is 19.9. The normalized spacial score (nSPS) is 12.9. The second kappa shape index (κ2) is 9.34. The first-order valence-electron chi connectivity index (χ1n) is 8.62. The number of amides is 2. The molecule has 0 radical (unpaired) electrons. The highest BCUT2D eigenvalue weighted by Crippen LogP contribution is 2.14. The quantitative estimate of drug-likeness (QED) is 0.807. The van der Waals surface area contributed by atoms with Gasteiger partial charge in [-0.2, -0.15) is 0 Å². The number of likely N-dealkylation sites (N-methyl/N-ethyl adjacent to an activating group) is 1. The average molecular weight is 374 g/mol. The zero-order valence-electron chi connectivity index (χ0n) is 15.3. The Labute approximate surface area is 159 Å². The van der Waals surface area contributed by atoms with Gasteiger partial charge >= 0.3 is 0 Å². The Balaban J connectivity index is 2.11. The minimum atomic E-state index is -0.593. The maximum absolute atomic E-state index is 12.9. The molecule has 138 valence electrons. The van der Waals surface area contributed by atoms with Crippen LogP contribution in [0.4, 0.5) is 0 Å². The summed E-state index contributed by atoms with van der Waals surface area (Å²) in [7, 11) is 1.74. The third-order valence-electron chi connectivity index (χ3n) is 4.39. The van der Waals surface area contributed by atoms with Gasteiger partial charge in [0.05, 0.1) is 0 Å². The van der Waals surface area contributed by atoms with Gasteiger partial charge in [0, 0.05) is 36.6 Å². The van der Waals surface area contributed by atoms with Crippen LogP contribution in [0.2, 0.25) is 5.02 Å². The van der Waals surface area contributed by atoms with Gasteiger partial charge in [-0.25, -0.2) is 0 Å². The van der Waals surface area contributed by atoms with Crippen molar-refractivity contribution in [2.75, 3.05) is 7.05 Å². The van der Waals surface area contributed by atoms with Crippen LogP contribution in [0.25, 0.3) is 0 Å². The third-order valence-corrected chi connectivity index (χ3v) is 4.64. The van der Waals surface area contributed by atoms with Crippen molar-refractivity contribution in [1.29, 1.82) is 0 Å². The van der Waals surface area contributed by atoms with E-state index in [2.05, 4.69) is 10.3 Å². The maximum atomic E-state index is 12.9. The molecule has 0 aliphatic heterocycles. The summed E-state index contributed by atoms with van der Waals surface area (Å²) < 4.78 is 0. The number of carbonyl (C=O) groups excluding carboxylic acids is 2. The van der Waals surface area contributed by atoms with Gasteiger partial charge in [-0.05, 0) is 41.8 Å². The number of carbonyl (C=O) groups is 2. The third kappa shape index (κ3) is 5.30. The van der Waals surface area contributed by atoms with Crippen molar-refractivity contribution in [3.05, 3.63) is 64.9 Å². The molecule has 6 heteroatoms. The zero-order valence-corrected chi connectivity index (χ0v) is 16.0. The van der Waals surface area contributed by atoms with E-state index in [1.165, 1.54) is 0 Å². The molecule has 5 nitrogen and oxygen atoms in total. The number of nitrogens with zero attached hydrogens (tertiary/aromatic N) is 2. The number of hydrogen-bond donors (Lipinski definition) is 1. The van der Waals surface area contributed by atoms with Crippen LogP contribution in [0.3, 0.4) is 0 Å². The van der Waals surface area contributed by atoms with Crippen LogP contribution in [-0.4, -0.2) is 34.8 Å². The summed E-state index contributed by atoms with van der Waals surface area (Å²) in [5.74, 6) is -0.393. The Morgan fingerprint density at radius 3 is 2.50 bits per heavy atom. The Kier molecular flexibility index (Phi) is 7.16. The lowest BCUT2D eigenvalue weighted by Gasteiger charge is -2.28. The summed E-state index contributed by atoms with van der Waals surface area (Å²) in [5, 5.41) is 3.44. The van der Waals surface area contributed by atoms with Crippen LogP contribution < -0.4 is 5.32 Å². The van der Waals surface area contributed by atoms with E-state index in [9.17, 15) is 9.59 Å². The zero-order chi connectivity index (χ0) is 19.1. The molecule has 2 unspecified atom stereocenters. The summed E-state index contributed by atoms with van der Waals surface area (Å²) in [6, 6.07) is 9.77. The number of rotatable bonds is 7. The summed E-state index contributed by atoms with van der Waals surface area (Å²) >= 11 is 5.87. The van der Waals surface area contributed by atoms with Gasteiger partial charge in [-0.15, -0.1) is 0 Å². The van der Waals surface area contributed by atoms with E-state index in [0.717, 1.165) is 12.0 Å². The molecule has 0 fully saturated rings. The molecule has 2 rings (SSSR count). The van der Waals surface area contributed by atoms with Crippen LogP contribution in [-0.2, 0) is 11.3 Å². The van der Waals surface area contributed by atoms with E-state index in [0.29, 0.717) is 17.1 Å². The van der Waals surface area contributed by atoms with Crippen molar-refractivity contribution >= 4 is 23.4 Å². The van der Waals surface area contributed by atoms with Gasteiger partial charge < -0.3 is 10.2 Å². The monoisotopic (exact) mass is 373 g/mol. The van der Waals surface area contributed by atoms with Gasteiger partial charge in [0.1, 0.15) is 6.04 Å². The Morgan fingerprint density at radius 2 is 1.92 bits per heavy atom. The van der Waals surface area contributed by atoms with E-state index >= 15 is 0 Å². The van der Waals surface area contributed by atoms with Crippen molar-refractivity contribution < 1.29 is 9.59 Å². The standard InChI is InChI=1S/C20H24ClN3O2/c1-4-14(2)18(23-19(25)16-7-9-17(21)10-8-16)20(26)24(3)13-15-6-5-11-22-12-15/h5-12,14,18H,4,13H2,1-3H3,(H,23,25). The number of aromatic nitrogens is 1. The van der Waals surface area contributed by atoms with Crippen LogP contribution >= 0.6 is 11.6 Å². The number of pyridine rings is 1. The largest absolute Gasteiger partial charge is 0.340 e. The van der Waals surface area contributed by atoms with E-state index in [-0.39, 0.29) is 17.7 Å². The Hall–Kier alpha value is -2.40. The first-order chi connectivity index (χ1) is 12.4. The second-order valence-electron chi connectivity index (χ2n) is 6.40. The van der Waals surface area contributed by atoms with Gasteiger partial charge in [-0.3, -0.25) is 14.6 Å². The predicted octanol–water partition coefficient (Wildman–Crippen LogP) is 3.54. The molecule has 1 N–H and O–H groups in total. The summed E-state index contributed by atoms with van der Waals surface area (Å²) in [6.45, 7) is 4.40. The van der Waals surface area contributed by atoms with E-state index in [1.807, 2.05) is 26.0 Å². The number of hydrogen-bond acceptors (Lipinski definition) is 3. The highest BCUT2D eigenvalue weighted by Gasteiger charge is 2.28. The fraction of sp³-hybridized carbons (Fsp3) is 0.350. The molecule has 0 aliphatic carbocycles. The van der Waals surface area contributed by atoms with E-state index < -0.39 is 6.04 Å². The van der Waals surface area contributed by atoms with Crippen molar-refractivity contribution in [2.45, 2.75) is 32.9 Å². The van der Waals surface area contributed by atoms with Crippen molar-refractivity contribution in [3.63, 3.8) is 0 Å². The van der Waals surface area contributed by atoms with Crippen LogP contribution in [0, 0.1) is 5.92 Å². The predicted molar refractivity (Wildman–Crippen MR) is 103 cm³/mol. The lowest BCUT2D eigenvalue weighted by Crippen LogP contribution is -2.50. The minimum absolute atomic E-state index is 0.00935. The van der Waals surface area contributed by atoms with Crippen LogP contribution in [0.15, 0.2) is 48.8 Å². The number of halogens is 1. The van der Waals surface area contributed by atoms with Crippen molar-refractivity contribution in [1.82, 2.24) is 15.2 Å². The Morgan fingerprint density at radius 1 is 1.23 bits per heavy atom. The summed E-state index contributed by atoms with van der Waals surface area (Å²) in [5.41, 5.74) is 1.42. The molecular formula is C20H24ClN3O2. The highest BCUT2D eigenvalue weighted by atomic mass is 35.5. The molecule has 1 aromatic carbocycles. The molecule has 0 aliphatic rings. The molecule has 0 saturated heterocycles. The first-order valence-corrected chi connectivity index (χ1v) is 9.00. The van der Waals surface area contributed by atoms with Crippen LogP contribution in [0.5, 0.6) is 0 Å². The molecular weight excluding hydrogens is 350 g/mol. The summed E-state index contributed by atoms with van der Waals surface area (Å²) in [6.07, 6.45) is 4.20. The minimum Gasteiger partial charge on any atom is -0.340 e. The molecule has 0 spiro atoms. The SMILES string of the molecule is CCC(C)C(NC(=O)c1ccc(Cl)cc1)C(=O)N(C)Cc1cccnc1. The molecule has 0 bridgehead atoms. The average Bonchev–Trinajstić information content (AvgIpc) is 2.66. The van der Waals surface area contributed by atoms with Gasteiger partial charge in [-0.1, -0.05) is 37.9 Å². The molecule has 2 amide bonds. The molecule has 0 saturated carbocycles. The van der Waals surface area contributed by atoms with Crippen LogP contribution in [0.1, 0.15) is 36.2 Å². The molecule has 26 heavy (non-hydrogen) atoms. The summed E-state index contributed by atoms with van der Waals surface area (Å²) in [4.78, 5) is 31.2. The molecule has 2 atom stereocenters. The van der Waals surface area contributed by atoms with Gasteiger partial charge in [0.15, 0.2) is 0 Å². The topological polar surface area (TPSA) is 62.3 Å². The van der Waals surface area contributed by atoms with Crippen molar-refractivity contribution in [2.24, 2.45) is 5.92 Å². The Bertz CT molecular complexity index is 734. The van der Waals surface area contributed by atoms with Crippen molar-refractivity contribution in [3.8, 4) is 0 Å². The fourth-order valence-electron chi connectivity index (χ4n) is 2.59. The maximum Gasteiger partial charge on any atom is 0.251 e. The fourth-order valence-corrected chi connectivity index (χ4v) is 2.72. The molecule has 2 aromatic rings.